The third kappa shape index (κ3) is 3.14. The van der Waals surface area contributed by atoms with Crippen LogP contribution in [0.3, 0.4) is 0 Å². The van der Waals surface area contributed by atoms with Gasteiger partial charge in [0.25, 0.3) is 5.91 Å². The van der Waals surface area contributed by atoms with E-state index in [1.807, 2.05) is 0 Å². The number of amides is 1. The van der Waals surface area contributed by atoms with E-state index in [0.29, 0.717) is 11.3 Å². The van der Waals surface area contributed by atoms with Crippen LogP contribution in [0.15, 0.2) is 53.6 Å². The highest BCUT2D eigenvalue weighted by molar-refractivity contribution is 6.01. The van der Waals surface area contributed by atoms with Gasteiger partial charge >= 0.3 is 0 Å². The second-order valence-electron chi connectivity index (χ2n) is 4.21. The van der Waals surface area contributed by atoms with E-state index in [4.69, 9.17) is 0 Å². The van der Waals surface area contributed by atoms with Gasteiger partial charge in [0, 0.05) is 5.56 Å². The van der Waals surface area contributed by atoms with Crippen LogP contribution in [0.5, 0.6) is 11.5 Å². The maximum atomic E-state index is 11.8. The van der Waals surface area contributed by atoms with Gasteiger partial charge in [0.1, 0.15) is 11.5 Å². The number of hydrazone groups is 1. The Hall–Kier alpha value is -2.82. The third-order valence-corrected chi connectivity index (χ3v) is 2.74. The zero-order valence-corrected chi connectivity index (χ0v) is 10.9. The zero-order valence-electron chi connectivity index (χ0n) is 10.9. The molecule has 102 valence electrons. The SMILES string of the molecule is C/C(=N/NC(=O)c1ccccc1O)c1cccc(O)c1. The highest BCUT2D eigenvalue weighted by Crippen LogP contribution is 2.15. The Morgan fingerprint density at radius 2 is 1.85 bits per heavy atom. The lowest BCUT2D eigenvalue weighted by atomic mass is 10.1. The quantitative estimate of drug-likeness (QED) is 0.591. The summed E-state index contributed by atoms with van der Waals surface area (Å²) < 4.78 is 0. The van der Waals surface area contributed by atoms with Crippen molar-refractivity contribution in [3.63, 3.8) is 0 Å². The largest absolute Gasteiger partial charge is 0.508 e. The summed E-state index contributed by atoms with van der Waals surface area (Å²) in [6, 6.07) is 12.8. The zero-order chi connectivity index (χ0) is 14.5. The number of benzene rings is 2. The minimum absolute atomic E-state index is 0.102. The first-order valence-corrected chi connectivity index (χ1v) is 6.00. The first-order valence-electron chi connectivity index (χ1n) is 6.00. The first kappa shape index (κ1) is 13.6. The summed E-state index contributed by atoms with van der Waals surface area (Å²) in [5.41, 5.74) is 3.76. The molecule has 0 aliphatic heterocycles. The summed E-state index contributed by atoms with van der Waals surface area (Å²) in [6.45, 7) is 1.71. The van der Waals surface area contributed by atoms with Gasteiger partial charge in [0.15, 0.2) is 0 Å². The number of carbonyl (C=O) groups excluding carboxylic acids is 1. The van der Waals surface area contributed by atoms with Gasteiger partial charge in [0.2, 0.25) is 0 Å². The number of nitrogens with zero attached hydrogens (tertiary/aromatic N) is 1. The molecular formula is C15H14N2O3. The Balaban J connectivity index is 2.13. The topological polar surface area (TPSA) is 81.9 Å². The molecule has 0 saturated carbocycles. The Morgan fingerprint density at radius 1 is 1.10 bits per heavy atom. The van der Waals surface area contributed by atoms with Gasteiger partial charge in [-0.25, -0.2) is 5.43 Å². The molecule has 3 N–H and O–H groups in total. The van der Waals surface area contributed by atoms with Crippen molar-refractivity contribution in [3.8, 4) is 11.5 Å². The van der Waals surface area contributed by atoms with Gasteiger partial charge in [-0.05, 0) is 31.2 Å². The monoisotopic (exact) mass is 270 g/mol. The average molecular weight is 270 g/mol. The van der Waals surface area contributed by atoms with Gasteiger partial charge in [-0.2, -0.15) is 5.10 Å². The molecule has 0 heterocycles. The third-order valence-electron chi connectivity index (χ3n) is 2.74. The van der Waals surface area contributed by atoms with Crippen molar-refractivity contribution in [2.45, 2.75) is 6.92 Å². The molecule has 0 saturated heterocycles. The second-order valence-corrected chi connectivity index (χ2v) is 4.21. The molecule has 0 bridgehead atoms. The van der Waals surface area contributed by atoms with Crippen molar-refractivity contribution < 1.29 is 15.0 Å². The number of rotatable bonds is 3. The number of aromatic hydroxyl groups is 2. The Bertz CT molecular complexity index is 666. The van der Waals surface area contributed by atoms with Crippen molar-refractivity contribution in [2.75, 3.05) is 0 Å². The summed E-state index contributed by atoms with van der Waals surface area (Å²) in [7, 11) is 0. The van der Waals surface area contributed by atoms with Crippen molar-refractivity contribution in [1.82, 2.24) is 5.43 Å². The number of para-hydroxylation sites is 1. The molecule has 5 heteroatoms. The maximum Gasteiger partial charge on any atom is 0.275 e. The van der Waals surface area contributed by atoms with Crippen LogP contribution in [0.1, 0.15) is 22.8 Å². The molecule has 0 unspecified atom stereocenters. The molecule has 0 atom stereocenters. The van der Waals surface area contributed by atoms with Crippen LogP contribution >= 0.6 is 0 Å². The van der Waals surface area contributed by atoms with E-state index in [0.717, 1.165) is 0 Å². The van der Waals surface area contributed by atoms with Crippen LogP contribution in [0.2, 0.25) is 0 Å². The van der Waals surface area contributed by atoms with Crippen LogP contribution in [0.4, 0.5) is 0 Å². The number of phenolic OH excluding ortho intramolecular Hbond substituents is 2. The molecule has 0 radical (unpaired) electrons. The van der Waals surface area contributed by atoms with Crippen LogP contribution in [-0.4, -0.2) is 21.8 Å². The Labute approximate surface area is 116 Å². The van der Waals surface area contributed by atoms with Crippen molar-refractivity contribution in [3.05, 3.63) is 59.7 Å². The van der Waals surface area contributed by atoms with E-state index < -0.39 is 5.91 Å². The number of nitrogens with one attached hydrogen (secondary N) is 1. The van der Waals surface area contributed by atoms with Crippen molar-refractivity contribution in [1.29, 1.82) is 0 Å². The van der Waals surface area contributed by atoms with Gasteiger partial charge in [0.05, 0.1) is 11.3 Å². The molecule has 1 amide bonds. The normalized spacial score (nSPS) is 11.2. The number of carbonyl (C=O) groups is 1. The fourth-order valence-electron chi connectivity index (χ4n) is 1.66. The lowest BCUT2D eigenvalue weighted by Gasteiger charge is -2.04. The number of phenols is 2. The molecule has 0 aromatic heterocycles. The molecule has 20 heavy (non-hydrogen) atoms. The van der Waals surface area contributed by atoms with Crippen LogP contribution in [-0.2, 0) is 0 Å². The predicted molar refractivity (Wildman–Crippen MR) is 75.9 cm³/mol. The summed E-state index contributed by atoms with van der Waals surface area (Å²) in [5.74, 6) is -0.470. The summed E-state index contributed by atoms with van der Waals surface area (Å²) >= 11 is 0. The lowest BCUT2D eigenvalue weighted by molar-refractivity contribution is 0.0952. The molecule has 0 fully saturated rings. The molecule has 5 nitrogen and oxygen atoms in total. The minimum Gasteiger partial charge on any atom is -0.508 e. The van der Waals surface area contributed by atoms with E-state index in [2.05, 4.69) is 10.5 Å². The molecule has 2 aromatic carbocycles. The minimum atomic E-state index is -0.498. The maximum absolute atomic E-state index is 11.8. The molecule has 0 aliphatic rings. The first-order chi connectivity index (χ1) is 9.58. The van der Waals surface area contributed by atoms with E-state index in [1.54, 1.807) is 43.3 Å². The average Bonchev–Trinajstić information content (AvgIpc) is 2.45. The van der Waals surface area contributed by atoms with Gasteiger partial charge in [-0.3, -0.25) is 4.79 Å². The van der Waals surface area contributed by atoms with Gasteiger partial charge < -0.3 is 10.2 Å². The summed E-state index contributed by atoms with van der Waals surface area (Å²) in [5, 5.41) is 22.9. The highest BCUT2D eigenvalue weighted by Gasteiger charge is 2.09. The van der Waals surface area contributed by atoms with Crippen molar-refractivity contribution >= 4 is 11.6 Å². The highest BCUT2D eigenvalue weighted by atomic mass is 16.3. The van der Waals surface area contributed by atoms with Crippen LogP contribution in [0.25, 0.3) is 0 Å². The van der Waals surface area contributed by atoms with E-state index in [9.17, 15) is 15.0 Å². The fourth-order valence-corrected chi connectivity index (χ4v) is 1.66. The number of hydrogen-bond acceptors (Lipinski definition) is 4. The molecule has 2 aromatic rings. The van der Waals surface area contributed by atoms with E-state index >= 15 is 0 Å². The van der Waals surface area contributed by atoms with E-state index in [1.165, 1.54) is 12.1 Å². The second kappa shape index (κ2) is 5.88. The van der Waals surface area contributed by atoms with Crippen LogP contribution < -0.4 is 5.43 Å². The predicted octanol–water partition coefficient (Wildman–Crippen LogP) is 2.25. The fraction of sp³-hybridized carbons (Fsp3) is 0.0667. The van der Waals surface area contributed by atoms with Gasteiger partial charge in [-0.15, -0.1) is 0 Å². The Morgan fingerprint density at radius 3 is 2.55 bits per heavy atom. The molecular weight excluding hydrogens is 256 g/mol. The number of hydrogen-bond donors (Lipinski definition) is 3. The molecule has 0 spiro atoms. The lowest BCUT2D eigenvalue weighted by Crippen LogP contribution is -2.19. The van der Waals surface area contributed by atoms with Crippen molar-refractivity contribution in [2.24, 2.45) is 5.10 Å². The standard InChI is InChI=1S/C15H14N2O3/c1-10(11-5-4-6-12(18)9-11)16-17-15(20)13-7-2-3-8-14(13)19/h2-9,18-19H,1H3,(H,17,20)/b16-10-. The smallest absolute Gasteiger partial charge is 0.275 e. The summed E-state index contributed by atoms with van der Waals surface area (Å²) in [4.78, 5) is 11.8. The van der Waals surface area contributed by atoms with Gasteiger partial charge in [-0.1, -0.05) is 24.3 Å². The Kier molecular flexibility index (Phi) is 4.00. The molecule has 0 aliphatic carbocycles. The van der Waals surface area contributed by atoms with Crippen LogP contribution in [0, 0.1) is 0 Å². The summed E-state index contributed by atoms with van der Waals surface area (Å²) in [6.07, 6.45) is 0. The van der Waals surface area contributed by atoms with E-state index in [-0.39, 0.29) is 17.1 Å². The molecule has 2 rings (SSSR count).